The lowest BCUT2D eigenvalue weighted by Gasteiger charge is -2.39. The summed E-state index contributed by atoms with van der Waals surface area (Å²) in [4.78, 5) is 22.1. The van der Waals surface area contributed by atoms with Gasteiger partial charge in [-0.15, -0.1) is 0 Å². The molecule has 1 unspecified atom stereocenters. The molecule has 1 amide bonds. The molecule has 0 radical (unpaired) electrons. The zero-order chi connectivity index (χ0) is 28.8. The molecule has 1 atom stereocenters. The molecule has 1 saturated carbocycles. The van der Waals surface area contributed by atoms with Crippen molar-refractivity contribution >= 4 is 33.5 Å². The number of allylic oxidation sites excluding steroid dienone is 2. The van der Waals surface area contributed by atoms with Crippen molar-refractivity contribution in [2.24, 2.45) is 10.9 Å². The Labute approximate surface area is 243 Å². The van der Waals surface area contributed by atoms with Crippen LogP contribution in [0.2, 0.25) is 0 Å². The predicted molar refractivity (Wildman–Crippen MR) is 163 cm³/mol. The third kappa shape index (κ3) is 6.90. The van der Waals surface area contributed by atoms with Crippen molar-refractivity contribution < 1.29 is 17.9 Å². The highest BCUT2D eigenvalue weighted by Gasteiger charge is 2.27. The summed E-state index contributed by atoms with van der Waals surface area (Å²) in [5.41, 5.74) is 3.63. The van der Waals surface area contributed by atoms with Crippen LogP contribution in [0, 0.1) is 12.8 Å². The van der Waals surface area contributed by atoms with Crippen LogP contribution in [0.15, 0.2) is 76.3 Å². The summed E-state index contributed by atoms with van der Waals surface area (Å²) in [5.74, 6) is 0.338. The number of hydrogen-bond donors (Lipinski definition) is 1. The Hall–Kier alpha value is -3.43. The minimum absolute atomic E-state index is 0.0462. The molecule has 218 valence electrons. The van der Waals surface area contributed by atoms with Crippen molar-refractivity contribution in [1.82, 2.24) is 9.80 Å². The summed E-state index contributed by atoms with van der Waals surface area (Å²) in [6.07, 6.45) is 15.1. The Bertz CT molecular complexity index is 1420. The number of rotatable bonds is 8. The number of amides is 1. The lowest BCUT2D eigenvalue weighted by atomic mass is 9.90. The van der Waals surface area contributed by atoms with Gasteiger partial charge < -0.3 is 14.5 Å². The molecule has 8 nitrogen and oxygen atoms in total. The number of para-hydroxylation sites is 1. The van der Waals surface area contributed by atoms with Gasteiger partial charge in [-0.05, 0) is 74.1 Å². The molecule has 1 saturated heterocycles. The maximum atomic E-state index is 13.3. The van der Waals surface area contributed by atoms with E-state index in [1.54, 1.807) is 25.3 Å². The number of carbonyl (C=O) groups is 1. The summed E-state index contributed by atoms with van der Waals surface area (Å²) >= 11 is 0. The fraction of sp³-hybridized carbons (Fsp3) is 0.438. The first-order valence-corrected chi connectivity index (χ1v) is 16.0. The van der Waals surface area contributed by atoms with Gasteiger partial charge in [0.25, 0.3) is 15.9 Å². The number of methoxy groups -OCH3 is 1. The number of hydrogen-bond acceptors (Lipinski definition) is 6. The van der Waals surface area contributed by atoms with Crippen LogP contribution in [0.3, 0.4) is 0 Å². The minimum atomic E-state index is -3.87. The summed E-state index contributed by atoms with van der Waals surface area (Å²) in [5, 5.41) is 0. The number of aliphatic imine (C=N–C) groups is 1. The molecule has 1 aliphatic heterocycles. The van der Waals surface area contributed by atoms with Crippen molar-refractivity contribution in [2.45, 2.75) is 56.4 Å². The van der Waals surface area contributed by atoms with Crippen LogP contribution < -0.4 is 4.72 Å². The summed E-state index contributed by atoms with van der Waals surface area (Å²) in [6, 6.07) is 11.7. The van der Waals surface area contributed by atoms with Gasteiger partial charge in [0, 0.05) is 50.8 Å². The number of nitrogens with zero attached hydrogens (tertiary/aromatic N) is 3. The van der Waals surface area contributed by atoms with Crippen molar-refractivity contribution in [3.05, 3.63) is 77.5 Å². The van der Waals surface area contributed by atoms with Gasteiger partial charge in [0.1, 0.15) is 6.10 Å². The van der Waals surface area contributed by atoms with E-state index in [-0.39, 0.29) is 16.9 Å². The highest BCUT2D eigenvalue weighted by atomic mass is 32.2. The van der Waals surface area contributed by atoms with Crippen molar-refractivity contribution in [2.75, 3.05) is 38.0 Å². The zero-order valence-corrected chi connectivity index (χ0v) is 24.8. The molecule has 41 heavy (non-hydrogen) atoms. The number of nitrogens with one attached hydrogen (secondary N) is 1. The number of anilines is 1. The van der Waals surface area contributed by atoms with E-state index in [0.29, 0.717) is 35.9 Å². The van der Waals surface area contributed by atoms with Crippen molar-refractivity contribution in [3.8, 4) is 0 Å². The van der Waals surface area contributed by atoms with Crippen molar-refractivity contribution in [1.29, 1.82) is 0 Å². The average molecular weight is 577 g/mol. The Morgan fingerprint density at radius 1 is 1.02 bits per heavy atom. The lowest BCUT2D eigenvalue weighted by molar-refractivity contribution is 0.0589. The van der Waals surface area contributed by atoms with E-state index in [0.717, 1.165) is 43.6 Å². The van der Waals surface area contributed by atoms with Gasteiger partial charge in [-0.25, -0.2) is 8.42 Å². The lowest BCUT2D eigenvalue weighted by Crippen LogP contribution is -2.49. The zero-order valence-electron chi connectivity index (χ0n) is 24.0. The van der Waals surface area contributed by atoms with Crippen molar-refractivity contribution in [3.63, 3.8) is 0 Å². The van der Waals surface area contributed by atoms with Crippen LogP contribution in [-0.4, -0.2) is 69.7 Å². The average Bonchev–Trinajstić information content (AvgIpc) is 3.01. The molecule has 1 N–H and O–H groups in total. The van der Waals surface area contributed by atoms with Gasteiger partial charge in [0.15, 0.2) is 0 Å². The molecular weight excluding hydrogens is 536 g/mol. The molecule has 3 aliphatic rings. The number of benzene rings is 2. The molecular formula is C32H40N4O4S. The van der Waals surface area contributed by atoms with E-state index in [1.165, 1.54) is 31.4 Å². The van der Waals surface area contributed by atoms with Gasteiger partial charge >= 0.3 is 0 Å². The predicted octanol–water partition coefficient (Wildman–Crippen LogP) is 5.70. The topological polar surface area (TPSA) is 91.3 Å². The number of sulfonamides is 1. The van der Waals surface area contributed by atoms with Crippen LogP contribution in [0.4, 0.5) is 11.4 Å². The minimum Gasteiger partial charge on any atom is -0.375 e. The summed E-state index contributed by atoms with van der Waals surface area (Å²) in [7, 11) is -2.14. The molecule has 0 spiro atoms. The van der Waals surface area contributed by atoms with Gasteiger partial charge in [0.05, 0.1) is 16.3 Å². The number of aryl methyl sites for hydroxylation is 1. The molecule has 1 heterocycles. The molecule has 2 aliphatic carbocycles. The first kappa shape index (κ1) is 29.1. The Morgan fingerprint density at radius 2 is 1.76 bits per heavy atom. The molecule has 5 rings (SSSR count). The standard InChI is InChI=1S/C32H40N4O4S/c1-24-9-8-12-28(31(24)33-23-25-10-4-3-5-11-25)34-41(38,39)27-17-15-26(16-18-27)32(37)36-21-19-35(20-22-36)29-13-6-7-14-30(29)40-2/h6-9,12-13,15-18,23,25,30,34H,3-5,10-11,14,19-22H2,1-2H3. The maximum Gasteiger partial charge on any atom is 0.261 e. The van der Waals surface area contributed by atoms with Crippen LogP contribution >= 0.6 is 0 Å². The molecule has 0 aromatic heterocycles. The van der Waals surface area contributed by atoms with Gasteiger partial charge in [0.2, 0.25) is 0 Å². The van der Waals surface area contributed by atoms with Crippen LogP contribution in [0.5, 0.6) is 0 Å². The largest absolute Gasteiger partial charge is 0.375 e. The van der Waals surface area contributed by atoms with E-state index in [4.69, 9.17) is 9.73 Å². The first-order valence-electron chi connectivity index (χ1n) is 14.6. The first-order chi connectivity index (χ1) is 19.9. The summed E-state index contributed by atoms with van der Waals surface area (Å²) < 4.78 is 35.0. The van der Waals surface area contributed by atoms with Gasteiger partial charge in [-0.3, -0.25) is 14.5 Å². The fourth-order valence-corrected chi connectivity index (χ4v) is 6.90. The van der Waals surface area contributed by atoms with Crippen LogP contribution in [0.1, 0.15) is 54.4 Å². The smallest absolute Gasteiger partial charge is 0.261 e. The fourth-order valence-electron chi connectivity index (χ4n) is 5.83. The second-order valence-corrected chi connectivity index (χ2v) is 12.7. The SMILES string of the molecule is COC1CC=CC=C1N1CCN(C(=O)c2ccc(S(=O)(=O)Nc3cccc(C)c3N=CC3CCCCC3)cc2)CC1. The van der Waals surface area contributed by atoms with E-state index < -0.39 is 10.0 Å². The highest BCUT2D eigenvalue weighted by Crippen LogP contribution is 2.32. The number of piperazine rings is 1. The van der Waals surface area contributed by atoms with Crippen LogP contribution in [0.25, 0.3) is 0 Å². The maximum absolute atomic E-state index is 13.3. The molecule has 9 heteroatoms. The van der Waals surface area contributed by atoms with Gasteiger partial charge in [-0.1, -0.05) is 43.5 Å². The second kappa shape index (κ2) is 13.0. The van der Waals surface area contributed by atoms with E-state index in [1.807, 2.05) is 30.2 Å². The molecule has 0 bridgehead atoms. The normalized spacial score (nSPS) is 20.3. The summed E-state index contributed by atoms with van der Waals surface area (Å²) in [6.45, 7) is 4.57. The highest BCUT2D eigenvalue weighted by molar-refractivity contribution is 7.92. The Balaban J connectivity index is 1.23. The number of ether oxygens (including phenoxy) is 1. The Morgan fingerprint density at radius 3 is 2.46 bits per heavy atom. The monoisotopic (exact) mass is 576 g/mol. The second-order valence-electron chi connectivity index (χ2n) is 11.0. The quantitative estimate of drug-likeness (QED) is 0.408. The van der Waals surface area contributed by atoms with E-state index >= 15 is 0 Å². The Kier molecular flexibility index (Phi) is 9.25. The van der Waals surface area contributed by atoms with Gasteiger partial charge in [-0.2, -0.15) is 0 Å². The number of carbonyl (C=O) groups excluding carboxylic acids is 1. The molecule has 2 fully saturated rings. The molecule has 2 aromatic rings. The molecule has 2 aromatic carbocycles. The third-order valence-electron chi connectivity index (χ3n) is 8.26. The van der Waals surface area contributed by atoms with Crippen LogP contribution in [-0.2, 0) is 14.8 Å². The van der Waals surface area contributed by atoms with E-state index in [2.05, 4.69) is 27.9 Å². The third-order valence-corrected chi connectivity index (χ3v) is 9.64. The van der Waals surface area contributed by atoms with E-state index in [9.17, 15) is 13.2 Å².